The van der Waals surface area contributed by atoms with Gasteiger partial charge in [0.15, 0.2) is 11.5 Å². The van der Waals surface area contributed by atoms with Gasteiger partial charge in [-0.05, 0) is 37.3 Å². The number of para-hydroxylation sites is 1. The molecule has 0 bridgehead atoms. The van der Waals surface area contributed by atoms with E-state index >= 15 is 0 Å². The van der Waals surface area contributed by atoms with Crippen LogP contribution in [0.15, 0.2) is 53.1 Å². The van der Waals surface area contributed by atoms with Gasteiger partial charge in [-0.15, -0.1) is 0 Å². The minimum atomic E-state index is -0.107. The van der Waals surface area contributed by atoms with E-state index in [1.54, 1.807) is 19.2 Å². The number of aromatic nitrogens is 2. The van der Waals surface area contributed by atoms with E-state index in [4.69, 9.17) is 14.0 Å². The molecule has 1 amide bonds. The van der Waals surface area contributed by atoms with E-state index in [9.17, 15) is 4.79 Å². The van der Waals surface area contributed by atoms with E-state index < -0.39 is 0 Å². The summed E-state index contributed by atoms with van der Waals surface area (Å²) in [5, 5.41) is 6.82. The normalized spacial score (nSPS) is 10.4. The highest BCUT2D eigenvalue weighted by Gasteiger charge is 2.13. The molecule has 140 valence electrons. The SMILES string of the molecule is CCOc1cc(-c2noc(CCC(=O)Nc3ccccc3)n2)ccc1OC. The summed E-state index contributed by atoms with van der Waals surface area (Å²) in [5.74, 6) is 2.00. The second-order valence-electron chi connectivity index (χ2n) is 5.72. The van der Waals surface area contributed by atoms with Crippen LogP contribution in [0.5, 0.6) is 11.5 Å². The van der Waals surface area contributed by atoms with Crippen molar-refractivity contribution in [2.75, 3.05) is 19.0 Å². The van der Waals surface area contributed by atoms with Crippen molar-refractivity contribution in [2.45, 2.75) is 19.8 Å². The molecule has 0 aliphatic carbocycles. The molecule has 2 aromatic carbocycles. The Balaban J connectivity index is 1.63. The molecule has 1 aromatic heterocycles. The second-order valence-corrected chi connectivity index (χ2v) is 5.72. The van der Waals surface area contributed by atoms with Crippen LogP contribution in [-0.4, -0.2) is 29.8 Å². The summed E-state index contributed by atoms with van der Waals surface area (Å²) in [6.45, 7) is 2.42. The fourth-order valence-electron chi connectivity index (χ4n) is 2.52. The highest BCUT2D eigenvalue weighted by molar-refractivity contribution is 5.90. The Morgan fingerprint density at radius 2 is 1.96 bits per heavy atom. The maximum Gasteiger partial charge on any atom is 0.227 e. The molecule has 0 aliphatic rings. The summed E-state index contributed by atoms with van der Waals surface area (Å²) < 4.78 is 16.1. The Morgan fingerprint density at radius 1 is 1.15 bits per heavy atom. The van der Waals surface area contributed by atoms with Crippen molar-refractivity contribution in [3.63, 3.8) is 0 Å². The van der Waals surface area contributed by atoms with Crippen LogP contribution in [0.2, 0.25) is 0 Å². The first-order valence-electron chi connectivity index (χ1n) is 8.68. The molecule has 27 heavy (non-hydrogen) atoms. The molecule has 0 atom stereocenters. The molecule has 1 heterocycles. The first-order valence-corrected chi connectivity index (χ1v) is 8.68. The van der Waals surface area contributed by atoms with Crippen molar-refractivity contribution in [2.24, 2.45) is 0 Å². The summed E-state index contributed by atoms with van der Waals surface area (Å²) in [6, 6.07) is 14.7. The van der Waals surface area contributed by atoms with Crippen LogP contribution < -0.4 is 14.8 Å². The number of nitrogens with one attached hydrogen (secondary N) is 1. The van der Waals surface area contributed by atoms with E-state index in [0.29, 0.717) is 36.2 Å². The van der Waals surface area contributed by atoms with Crippen molar-refractivity contribution >= 4 is 11.6 Å². The number of nitrogens with zero attached hydrogens (tertiary/aromatic N) is 2. The van der Waals surface area contributed by atoms with Gasteiger partial charge in [-0.25, -0.2) is 0 Å². The monoisotopic (exact) mass is 367 g/mol. The Bertz CT molecular complexity index is 893. The van der Waals surface area contributed by atoms with Gasteiger partial charge in [0.2, 0.25) is 17.6 Å². The third-order valence-corrected chi connectivity index (χ3v) is 3.81. The van der Waals surface area contributed by atoms with Gasteiger partial charge in [-0.2, -0.15) is 4.98 Å². The number of hydrogen-bond acceptors (Lipinski definition) is 6. The van der Waals surface area contributed by atoms with Crippen molar-refractivity contribution in [3.05, 3.63) is 54.4 Å². The highest BCUT2D eigenvalue weighted by atomic mass is 16.5. The number of carbonyl (C=O) groups is 1. The Hall–Kier alpha value is -3.35. The predicted molar refractivity (Wildman–Crippen MR) is 101 cm³/mol. The van der Waals surface area contributed by atoms with Crippen molar-refractivity contribution in [1.29, 1.82) is 0 Å². The van der Waals surface area contributed by atoms with Crippen LogP contribution in [0, 0.1) is 0 Å². The lowest BCUT2D eigenvalue weighted by molar-refractivity contribution is -0.116. The molecule has 0 fully saturated rings. The largest absolute Gasteiger partial charge is 0.493 e. The van der Waals surface area contributed by atoms with E-state index in [0.717, 1.165) is 11.3 Å². The number of methoxy groups -OCH3 is 1. The molecule has 3 aromatic rings. The average molecular weight is 367 g/mol. The predicted octanol–water partition coefficient (Wildman–Crippen LogP) is 3.72. The molecule has 0 radical (unpaired) electrons. The van der Waals surface area contributed by atoms with E-state index in [-0.39, 0.29) is 12.3 Å². The zero-order valence-corrected chi connectivity index (χ0v) is 15.3. The third-order valence-electron chi connectivity index (χ3n) is 3.81. The summed E-state index contributed by atoms with van der Waals surface area (Å²) in [6.07, 6.45) is 0.615. The van der Waals surface area contributed by atoms with E-state index in [2.05, 4.69) is 15.5 Å². The molecule has 0 aliphatic heterocycles. The first-order chi connectivity index (χ1) is 13.2. The molecular weight excluding hydrogens is 346 g/mol. The minimum absolute atomic E-state index is 0.107. The molecule has 7 nitrogen and oxygen atoms in total. The zero-order chi connectivity index (χ0) is 19.1. The maximum atomic E-state index is 12.0. The average Bonchev–Trinajstić information content (AvgIpc) is 3.16. The van der Waals surface area contributed by atoms with Crippen LogP contribution in [0.25, 0.3) is 11.4 Å². The topological polar surface area (TPSA) is 86.5 Å². The summed E-state index contributed by atoms with van der Waals surface area (Å²) in [4.78, 5) is 16.4. The quantitative estimate of drug-likeness (QED) is 0.653. The summed E-state index contributed by atoms with van der Waals surface area (Å²) >= 11 is 0. The molecular formula is C20H21N3O4. The number of ether oxygens (including phenoxy) is 2. The number of hydrogen-bond donors (Lipinski definition) is 1. The summed E-state index contributed by atoms with van der Waals surface area (Å²) in [7, 11) is 1.59. The third kappa shape index (κ3) is 4.84. The van der Waals surface area contributed by atoms with Gasteiger partial charge >= 0.3 is 0 Å². The lowest BCUT2D eigenvalue weighted by Crippen LogP contribution is -2.12. The van der Waals surface area contributed by atoms with Crippen molar-refractivity contribution in [3.8, 4) is 22.9 Å². The standard InChI is InChI=1S/C20H21N3O4/c1-3-26-17-13-14(9-10-16(17)25-2)20-22-19(27-23-20)12-11-18(24)21-15-7-5-4-6-8-15/h4-10,13H,3,11-12H2,1-2H3,(H,21,24). The van der Waals surface area contributed by atoms with Crippen LogP contribution in [0.4, 0.5) is 5.69 Å². The molecule has 1 N–H and O–H groups in total. The Labute approximate surface area is 157 Å². The zero-order valence-electron chi connectivity index (χ0n) is 15.3. The molecule has 0 unspecified atom stereocenters. The number of rotatable bonds is 8. The number of carbonyl (C=O) groups excluding carboxylic acids is 1. The maximum absolute atomic E-state index is 12.0. The fraction of sp³-hybridized carbons (Fsp3) is 0.250. The van der Waals surface area contributed by atoms with Gasteiger partial charge in [0.1, 0.15) is 0 Å². The molecule has 7 heteroatoms. The smallest absolute Gasteiger partial charge is 0.227 e. The lowest BCUT2D eigenvalue weighted by Gasteiger charge is -2.09. The Morgan fingerprint density at radius 3 is 2.70 bits per heavy atom. The van der Waals surface area contributed by atoms with Gasteiger partial charge in [0.05, 0.1) is 13.7 Å². The number of benzene rings is 2. The van der Waals surface area contributed by atoms with Gasteiger partial charge < -0.3 is 19.3 Å². The minimum Gasteiger partial charge on any atom is -0.493 e. The van der Waals surface area contributed by atoms with Gasteiger partial charge in [0, 0.05) is 24.1 Å². The van der Waals surface area contributed by atoms with Crippen LogP contribution in [-0.2, 0) is 11.2 Å². The van der Waals surface area contributed by atoms with Gasteiger partial charge in [0.25, 0.3) is 0 Å². The Kier molecular flexibility index (Phi) is 6.04. The number of amides is 1. The summed E-state index contributed by atoms with van der Waals surface area (Å²) in [5.41, 5.74) is 1.51. The van der Waals surface area contributed by atoms with Crippen molar-refractivity contribution in [1.82, 2.24) is 10.1 Å². The second kappa shape index (κ2) is 8.84. The fourth-order valence-corrected chi connectivity index (χ4v) is 2.52. The molecule has 0 saturated carbocycles. The lowest BCUT2D eigenvalue weighted by atomic mass is 10.2. The number of aryl methyl sites for hydroxylation is 1. The van der Waals surface area contributed by atoms with Crippen LogP contribution in [0.3, 0.4) is 0 Å². The molecule has 0 saturated heterocycles. The van der Waals surface area contributed by atoms with Crippen LogP contribution in [0.1, 0.15) is 19.2 Å². The van der Waals surface area contributed by atoms with Gasteiger partial charge in [-0.3, -0.25) is 4.79 Å². The van der Waals surface area contributed by atoms with Crippen LogP contribution >= 0.6 is 0 Å². The molecule has 3 rings (SSSR count). The molecule has 0 spiro atoms. The highest BCUT2D eigenvalue weighted by Crippen LogP contribution is 2.31. The van der Waals surface area contributed by atoms with Crippen molar-refractivity contribution < 1.29 is 18.8 Å². The van der Waals surface area contributed by atoms with Gasteiger partial charge in [-0.1, -0.05) is 23.4 Å². The van der Waals surface area contributed by atoms with E-state index in [1.165, 1.54) is 0 Å². The number of anilines is 1. The van der Waals surface area contributed by atoms with E-state index in [1.807, 2.05) is 43.3 Å². The first kappa shape index (κ1) is 18.4.